The molecule has 0 saturated carbocycles. The second-order valence-electron chi connectivity index (χ2n) is 6.51. The Morgan fingerprint density at radius 1 is 1.22 bits per heavy atom. The summed E-state index contributed by atoms with van der Waals surface area (Å²) in [6, 6.07) is 10.1. The number of benzene rings is 1. The van der Waals surface area contributed by atoms with Crippen LogP contribution in [0, 0.1) is 0 Å². The number of hydrogen-bond donors (Lipinski definition) is 2. The molecule has 0 saturated heterocycles. The number of hydrogen-bond acceptors (Lipinski definition) is 2. The van der Waals surface area contributed by atoms with Crippen LogP contribution in [0.3, 0.4) is 0 Å². The molecule has 0 aliphatic rings. The lowest BCUT2D eigenvalue weighted by Crippen LogP contribution is -2.47. The summed E-state index contributed by atoms with van der Waals surface area (Å²) in [5.41, 5.74) is 2.26. The summed E-state index contributed by atoms with van der Waals surface area (Å²) in [5, 5.41) is 11.1. The van der Waals surface area contributed by atoms with Crippen molar-refractivity contribution in [2.24, 2.45) is 4.99 Å². The van der Waals surface area contributed by atoms with Crippen LogP contribution in [-0.4, -0.2) is 34.4 Å². The maximum absolute atomic E-state index is 4.63. The highest BCUT2D eigenvalue weighted by Gasteiger charge is 2.11. The minimum Gasteiger partial charge on any atom is -0.357 e. The molecule has 2 rings (SSSR count). The number of nitrogens with one attached hydrogen (secondary N) is 2. The monoisotopic (exact) mass is 313 g/mol. The van der Waals surface area contributed by atoms with Crippen LogP contribution in [0.15, 0.2) is 47.7 Å². The van der Waals surface area contributed by atoms with Gasteiger partial charge in [0.2, 0.25) is 0 Å². The first-order chi connectivity index (χ1) is 11.0. The van der Waals surface area contributed by atoms with E-state index in [0.717, 1.165) is 31.2 Å². The lowest BCUT2D eigenvalue weighted by atomic mass is 10.1. The van der Waals surface area contributed by atoms with Crippen molar-refractivity contribution in [1.29, 1.82) is 0 Å². The topological polar surface area (TPSA) is 54.2 Å². The van der Waals surface area contributed by atoms with Gasteiger partial charge in [0.1, 0.15) is 0 Å². The van der Waals surface area contributed by atoms with Crippen LogP contribution in [-0.2, 0) is 6.42 Å². The first-order valence-corrected chi connectivity index (χ1v) is 8.13. The quantitative estimate of drug-likeness (QED) is 0.659. The van der Waals surface area contributed by atoms with Crippen LogP contribution >= 0.6 is 0 Å². The molecule has 124 valence electrons. The predicted octanol–water partition coefficient (Wildman–Crippen LogP) is 2.77. The maximum Gasteiger partial charge on any atom is 0.191 e. The van der Waals surface area contributed by atoms with E-state index in [1.165, 1.54) is 5.56 Å². The Labute approximate surface area is 138 Å². The van der Waals surface area contributed by atoms with Crippen LogP contribution in [0.1, 0.15) is 33.3 Å². The molecule has 0 atom stereocenters. The molecule has 1 aromatic heterocycles. The second-order valence-corrected chi connectivity index (χ2v) is 6.51. The fourth-order valence-electron chi connectivity index (χ4n) is 2.17. The summed E-state index contributed by atoms with van der Waals surface area (Å²) in [6.45, 7) is 10.0. The Morgan fingerprint density at radius 3 is 2.61 bits per heavy atom. The van der Waals surface area contributed by atoms with Crippen molar-refractivity contribution < 1.29 is 0 Å². The van der Waals surface area contributed by atoms with E-state index in [9.17, 15) is 0 Å². The number of nitrogens with zero attached hydrogens (tertiary/aromatic N) is 3. The Kier molecular flexibility index (Phi) is 5.79. The molecule has 0 aliphatic carbocycles. The lowest BCUT2D eigenvalue weighted by molar-refractivity contribution is 0.501. The van der Waals surface area contributed by atoms with Gasteiger partial charge in [-0.05, 0) is 51.8 Å². The molecule has 1 aromatic carbocycles. The summed E-state index contributed by atoms with van der Waals surface area (Å²) in [4.78, 5) is 4.63. The van der Waals surface area contributed by atoms with Crippen LogP contribution in [0.5, 0.6) is 0 Å². The van der Waals surface area contributed by atoms with Gasteiger partial charge in [-0.2, -0.15) is 5.10 Å². The van der Waals surface area contributed by atoms with Gasteiger partial charge in [0.05, 0.1) is 11.9 Å². The Balaban J connectivity index is 1.95. The SMILES string of the molecule is CCNC(=NCCc1cnn(-c2ccccc2)c1)NC(C)(C)C. The normalized spacial score (nSPS) is 12.3. The number of para-hydroxylation sites is 1. The number of aromatic nitrogens is 2. The fraction of sp³-hybridized carbons (Fsp3) is 0.444. The summed E-state index contributed by atoms with van der Waals surface area (Å²) < 4.78 is 1.90. The first kappa shape index (κ1) is 17.1. The predicted molar refractivity (Wildman–Crippen MR) is 96.1 cm³/mol. The van der Waals surface area contributed by atoms with Gasteiger partial charge in [-0.25, -0.2) is 4.68 Å². The van der Waals surface area contributed by atoms with Crippen molar-refractivity contribution in [3.8, 4) is 5.69 Å². The Hall–Kier alpha value is -2.30. The second kappa shape index (κ2) is 7.81. The van der Waals surface area contributed by atoms with E-state index in [-0.39, 0.29) is 5.54 Å². The van der Waals surface area contributed by atoms with E-state index in [1.54, 1.807) is 0 Å². The Morgan fingerprint density at radius 2 is 1.96 bits per heavy atom. The molecule has 2 N–H and O–H groups in total. The highest BCUT2D eigenvalue weighted by atomic mass is 15.3. The first-order valence-electron chi connectivity index (χ1n) is 8.13. The highest BCUT2D eigenvalue weighted by molar-refractivity contribution is 5.80. The van der Waals surface area contributed by atoms with E-state index >= 15 is 0 Å². The van der Waals surface area contributed by atoms with Crippen LogP contribution in [0.4, 0.5) is 0 Å². The third-order valence-corrected chi connectivity index (χ3v) is 3.16. The van der Waals surface area contributed by atoms with E-state index in [0.29, 0.717) is 0 Å². The van der Waals surface area contributed by atoms with Crippen molar-refractivity contribution in [3.05, 3.63) is 48.3 Å². The average Bonchev–Trinajstić information content (AvgIpc) is 2.96. The van der Waals surface area contributed by atoms with Gasteiger partial charge in [-0.1, -0.05) is 18.2 Å². The van der Waals surface area contributed by atoms with Crippen molar-refractivity contribution in [3.63, 3.8) is 0 Å². The molecule has 23 heavy (non-hydrogen) atoms. The van der Waals surface area contributed by atoms with E-state index in [1.807, 2.05) is 41.2 Å². The van der Waals surface area contributed by atoms with Gasteiger partial charge in [0.25, 0.3) is 0 Å². The molecular weight excluding hydrogens is 286 g/mol. The standard InChI is InChI=1S/C18H27N5/c1-5-19-17(22-18(2,3)4)20-12-11-15-13-21-23(14-15)16-9-7-6-8-10-16/h6-10,13-14H,5,11-12H2,1-4H3,(H2,19,20,22). The van der Waals surface area contributed by atoms with Crippen molar-refractivity contribution >= 4 is 5.96 Å². The largest absolute Gasteiger partial charge is 0.357 e. The van der Waals surface area contributed by atoms with E-state index < -0.39 is 0 Å². The van der Waals surface area contributed by atoms with Gasteiger partial charge in [-0.3, -0.25) is 4.99 Å². The average molecular weight is 313 g/mol. The van der Waals surface area contributed by atoms with Gasteiger partial charge in [0.15, 0.2) is 5.96 Å². The molecule has 5 heteroatoms. The fourth-order valence-corrected chi connectivity index (χ4v) is 2.17. The number of aliphatic imine (C=N–C) groups is 1. The third-order valence-electron chi connectivity index (χ3n) is 3.16. The zero-order valence-corrected chi connectivity index (χ0v) is 14.5. The highest BCUT2D eigenvalue weighted by Crippen LogP contribution is 2.08. The number of rotatable bonds is 5. The minimum atomic E-state index is -0.000797. The van der Waals surface area contributed by atoms with Gasteiger partial charge >= 0.3 is 0 Å². The molecule has 5 nitrogen and oxygen atoms in total. The molecule has 0 spiro atoms. The molecule has 0 bridgehead atoms. The number of guanidine groups is 1. The van der Waals surface area contributed by atoms with Gasteiger partial charge in [0, 0.05) is 24.8 Å². The molecular formula is C18H27N5. The van der Waals surface area contributed by atoms with Gasteiger partial charge < -0.3 is 10.6 Å². The lowest BCUT2D eigenvalue weighted by Gasteiger charge is -2.23. The zero-order chi connectivity index (χ0) is 16.7. The van der Waals surface area contributed by atoms with E-state index in [4.69, 9.17) is 0 Å². The summed E-state index contributed by atoms with van der Waals surface area (Å²) in [5.74, 6) is 0.857. The maximum atomic E-state index is 4.63. The molecule has 0 amide bonds. The van der Waals surface area contributed by atoms with Crippen LogP contribution in [0.25, 0.3) is 5.69 Å². The van der Waals surface area contributed by atoms with Crippen molar-refractivity contribution in [2.75, 3.05) is 13.1 Å². The van der Waals surface area contributed by atoms with Crippen LogP contribution < -0.4 is 10.6 Å². The summed E-state index contributed by atoms with van der Waals surface area (Å²) in [7, 11) is 0. The molecule has 1 heterocycles. The molecule has 0 fully saturated rings. The Bertz CT molecular complexity index is 622. The van der Waals surface area contributed by atoms with Crippen LogP contribution in [0.2, 0.25) is 0 Å². The molecule has 2 aromatic rings. The zero-order valence-electron chi connectivity index (χ0n) is 14.5. The molecule has 0 aliphatic heterocycles. The minimum absolute atomic E-state index is 0.000797. The summed E-state index contributed by atoms with van der Waals surface area (Å²) >= 11 is 0. The van der Waals surface area contributed by atoms with Gasteiger partial charge in [-0.15, -0.1) is 0 Å². The third kappa shape index (κ3) is 5.77. The van der Waals surface area contributed by atoms with E-state index in [2.05, 4.69) is 54.6 Å². The molecule has 0 unspecified atom stereocenters. The van der Waals surface area contributed by atoms with Crippen molar-refractivity contribution in [1.82, 2.24) is 20.4 Å². The van der Waals surface area contributed by atoms with Crippen molar-refractivity contribution in [2.45, 2.75) is 39.7 Å². The smallest absolute Gasteiger partial charge is 0.191 e. The summed E-state index contributed by atoms with van der Waals surface area (Å²) in [6.07, 6.45) is 4.84. The molecule has 0 radical (unpaired) electrons.